The molecule has 0 fully saturated rings. The molecule has 0 atom stereocenters. The number of halogens is 1. The lowest BCUT2D eigenvalue weighted by Crippen LogP contribution is -2.24. The number of hydrogen-bond acceptors (Lipinski definition) is 3. The molecule has 3 aromatic rings. The van der Waals surface area contributed by atoms with Crippen molar-refractivity contribution in [3.05, 3.63) is 83.0 Å². The second kappa shape index (κ2) is 7.18. The summed E-state index contributed by atoms with van der Waals surface area (Å²) in [6.07, 6.45) is 4.01. The summed E-state index contributed by atoms with van der Waals surface area (Å²) < 4.78 is 0. The van der Waals surface area contributed by atoms with Gasteiger partial charge >= 0.3 is 0 Å². The fourth-order valence-electron chi connectivity index (χ4n) is 3.25. The summed E-state index contributed by atoms with van der Waals surface area (Å²) >= 11 is 6.07. The maximum absolute atomic E-state index is 12.3. The number of amides is 1. The number of aromatic nitrogens is 1. The topological polar surface area (TPSA) is 45.2 Å². The lowest BCUT2D eigenvalue weighted by atomic mass is 10.0. The van der Waals surface area contributed by atoms with Crippen LogP contribution in [0.15, 0.2) is 66.9 Å². The third-order valence-electron chi connectivity index (χ3n) is 4.53. The average molecular weight is 364 g/mol. The van der Waals surface area contributed by atoms with Crippen LogP contribution in [0.1, 0.15) is 22.3 Å². The van der Waals surface area contributed by atoms with Crippen LogP contribution in [0.4, 0.5) is 17.2 Å². The Morgan fingerprint density at radius 2 is 1.85 bits per heavy atom. The van der Waals surface area contributed by atoms with Crippen LogP contribution in [0.25, 0.3) is 0 Å². The first kappa shape index (κ1) is 16.6. The Morgan fingerprint density at radius 1 is 1.04 bits per heavy atom. The third-order valence-corrected chi connectivity index (χ3v) is 4.86. The molecule has 2 heterocycles. The second-order valence-corrected chi connectivity index (χ2v) is 6.63. The molecule has 0 saturated heterocycles. The van der Waals surface area contributed by atoms with E-state index in [-0.39, 0.29) is 5.91 Å². The zero-order valence-electron chi connectivity index (χ0n) is 14.2. The van der Waals surface area contributed by atoms with Crippen molar-refractivity contribution >= 4 is 34.7 Å². The first-order chi connectivity index (χ1) is 12.7. The SMILES string of the molecule is O=C(Nc1ccc(N2CCCc3ccccc32)cn1)c1ccccc1Cl. The molecule has 0 bridgehead atoms. The van der Waals surface area contributed by atoms with Crippen LogP contribution in [0, 0.1) is 0 Å². The van der Waals surface area contributed by atoms with Crippen molar-refractivity contribution in [1.82, 2.24) is 4.98 Å². The molecular formula is C21H18ClN3O. The van der Waals surface area contributed by atoms with E-state index in [4.69, 9.17) is 11.6 Å². The van der Waals surface area contributed by atoms with Crippen LogP contribution < -0.4 is 10.2 Å². The molecule has 0 unspecified atom stereocenters. The number of rotatable bonds is 3. The monoisotopic (exact) mass is 363 g/mol. The molecule has 1 N–H and O–H groups in total. The highest BCUT2D eigenvalue weighted by atomic mass is 35.5. The minimum atomic E-state index is -0.265. The van der Waals surface area contributed by atoms with Crippen LogP contribution in [-0.2, 0) is 6.42 Å². The summed E-state index contributed by atoms with van der Waals surface area (Å²) in [6, 6.07) is 19.2. The molecule has 0 saturated carbocycles. The smallest absolute Gasteiger partial charge is 0.258 e. The number of pyridine rings is 1. The van der Waals surface area contributed by atoms with Crippen LogP contribution in [0.2, 0.25) is 5.02 Å². The molecular weight excluding hydrogens is 346 g/mol. The lowest BCUT2D eigenvalue weighted by Gasteiger charge is -2.31. The predicted molar refractivity (Wildman–Crippen MR) is 105 cm³/mol. The standard InChI is InChI=1S/C21H18ClN3O/c22-18-9-3-2-8-17(18)21(26)24-20-12-11-16(14-23-20)25-13-5-7-15-6-1-4-10-19(15)25/h1-4,6,8-12,14H,5,7,13H2,(H,23,24,26). The number of fused-ring (bicyclic) bond motifs is 1. The van der Waals surface area contributed by atoms with Crippen LogP contribution in [-0.4, -0.2) is 17.4 Å². The van der Waals surface area contributed by atoms with Crippen LogP contribution in [0.5, 0.6) is 0 Å². The van der Waals surface area contributed by atoms with E-state index in [0.717, 1.165) is 25.1 Å². The predicted octanol–water partition coefficient (Wildman–Crippen LogP) is 5.07. The fourth-order valence-corrected chi connectivity index (χ4v) is 3.47. The molecule has 26 heavy (non-hydrogen) atoms. The van der Waals surface area contributed by atoms with Gasteiger partial charge in [-0.3, -0.25) is 4.79 Å². The molecule has 0 aliphatic carbocycles. The van der Waals surface area contributed by atoms with Crippen molar-refractivity contribution in [2.45, 2.75) is 12.8 Å². The first-order valence-corrected chi connectivity index (χ1v) is 8.97. The van der Waals surface area contributed by atoms with E-state index >= 15 is 0 Å². The van der Waals surface area contributed by atoms with Crippen molar-refractivity contribution in [2.75, 3.05) is 16.8 Å². The third kappa shape index (κ3) is 3.28. The maximum atomic E-state index is 12.3. The summed E-state index contributed by atoms with van der Waals surface area (Å²) in [6.45, 7) is 0.962. The Hall–Kier alpha value is -2.85. The molecule has 1 aliphatic rings. The number of aryl methyl sites for hydroxylation is 1. The number of hydrogen-bond donors (Lipinski definition) is 1. The number of nitrogens with one attached hydrogen (secondary N) is 1. The van der Waals surface area contributed by atoms with Gasteiger partial charge in [-0.15, -0.1) is 0 Å². The van der Waals surface area contributed by atoms with Gasteiger partial charge in [-0.25, -0.2) is 4.98 Å². The quantitative estimate of drug-likeness (QED) is 0.706. The molecule has 1 amide bonds. The van der Waals surface area contributed by atoms with Gasteiger partial charge in [-0.2, -0.15) is 0 Å². The van der Waals surface area contributed by atoms with Gasteiger partial charge in [0.2, 0.25) is 0 Å². The summed E-state index contributed by atoms with van der Waals surface area (Å²) in [4.78, 5) is 19.0. The zero-order valence-corrected chi connectivity index (χ0v) is 14.9. The van der Waals surface area contributed by atoms with Crippen LogP contribution >= 0.6 is 11.6 Å². The van der Waals surface area contributed by atoms with Gasteiger partial charge in [0.15, 0.2) is 0 Å². The normalized spacial score (nSPS) is 13.2. The Morgan fingerprint density at radius 3 is 2.65 bits per heavy atom. The number of carbonyl (C=O) groups is 1. The highest BCUT2D eigenvalue weighted by Crippen LogP contribution is 2.33. The van der Waals surface area contributed by atoms with E-state index in [9.17, 15) is 4.79 Å². The highest BCUT2D eigenvalue weighted by Gasteiger charge is 2.18. The van der Waals surface area contributed by atoms with E-state index in [2.05, 4.69) is 39.5 Å². The number of anilines is 3. The van der Waals surface area contributed by atoms with Crippen molar-refractivity contribution in [2.24, 2.45) is 0 Å². The van der Waals surface area contributed by atoms with Gasteiger partial charge in [-0.1, -0.05) is 41.9 Å². The molecule has 5 heteroatoms. The van der Waals surface area contributed by atoms with Crippen molar-refractivity contribution in [1.29, 1.82) is 0 Å². The number of benzene rings is 2. The molecule has 0 radical (unpaired) electrons. The maximum Gasteiger partial charge on any atom is 0.258 e. The number of nitrogens with zero attached hydrogens (tertiary/aromatic N) is 2. The number of carbonyl (C=O) groups excluding carboxylic acids is 1. The minimum absolute atomic E-state index is 0.265. The Labute approximate surface area is 157 Å². The summed E-state index contributed by atoms with van der Waals surface area (Å²) in [5, 5.41) is 3.22. The Balaban J connectivity index is 1.53. The van der Waals surface area contributed by atoms with Crippen molar-refractivity contribution in [3.8, 4) is 0 Å². The van der Waals surface area contributed by atoms with E-state index in [0.29, 0.717) is 16.4 Å². The van der Waals surface area contributed by atoms with Gasteiger partial charge in [0.1, 0.15) is 5.82 Å². The first-order valence-electron chi connectivity index (χ1n) is 8.60. The van der Waals surface area contributed by atoms with E-state index in [1.165, 1.54) is 11.3 Å². The fraction of sp³-hybridized carbons (Fsp3) is 0.143. The average Bonchev–Trinajstić information content (AvgIpc) is 2.68. The molecule has 0 spiro atoms. The summed E-state index contributed by atoms with van der Waals surface area (Å²) in [5.41, 5.74) is 4.04. The second-order valence-electron chi connectivity index (χ2n) is 6.22. The molecule has 4 nitrogen and oxygen atoms in total. The van der Waals surface area contributed by atoms with Gasteiger partial charge in [0.05, 0.1) is 22.5 Å². The Kier molecular flexibility index (Phi) is 4.59. The van der Waals surface area contributed by atoms with Crippen LogP contribution in [0.3, 0.4) is 0 Å². The van der Waals surface area contributed by atoms with E-state index < -0.39 is 0 Å². The Bertz CT molecular complexity index is 940. The van der Waals surface area contributed by atoms with Crippen molar-refractivity contribution < 1.29 is 4.79 Å². The highest BCUT2D eigenvalue weighted by molar-refractivity contribution is 6.34. The molecule has 1 aliphatic heterocycles. The van der Waals surface area contributed by atoms with Crippen molar-refractivity contribution in [3.63, 3.8) is 0 Å². The number of para-hydroxylation sites is 1. The van der Waals surface area contributed by atoms with E-state index in [1.807, 2.05) is 12.1 Å². The summed E-state index contributed by atoms with van der Waals surface area (Å²) in [7, 11) is 0. The molecule has 4 rings (SSSR count). The lowest BCUT2D eigenvalue weighted by molar-refractivity contribution is 0.102. The zero-order chi connectivity index (χ0) is 17.9. The van der Waals surface area contributed by atoms with E-state index in [1.54, 1.807) is 30.5 Å². The summed E-state index contributed by atoms with van der Waals surface area (Å²) in [5.74, 6) is 0.239. The molecule has 130 valence electrons. The molecule has 2 aromatic carbocycles. The minimum Gasteiger partial charge on any atom is -0.340 e. The van der Waals surface area contributed by atoms with Gasteiger partial charge in [-0.05, 0) is 48.7 Å². The largest absolute Gasteiger partial charge is 0.340 e. The molecule has 1 aromatic heterocycles. The van der Waals surface area contributed by atoms with Gasteiger partial charge in [0, 0.05) is 12.2 Å². The van der Waals surface area contributed by atoms with Gasteiger partial charge in [0.25, 0.3) is 5.91 Å². The van der Waals surface area contributed by atoms with Gasteiger partial charge < -0.3 is 10.2 Å².